The second-order valence-corrected chi connectivity index (χ2v) is 5.73. The van der Waals surface area contributed by atoms with Crippen LogP contribution in [0.1, 0.15) is 39.0 Å². The van der Waals surface area contributed by atoms with E-state index in [1.54, 1.807) is 4.90 Å². The van der Waals surface area contributed by atoms with Crippen molar-refractivity contribution in [2.24, 2.45) is 11.8 Å². The highest BCUT2D eigenvalue weighted by atomic mass is 16.4. The summed E-state index contributed by atoms with van der Waals surface area (Å²) in [6.45, 7) is 3.30. The van der Waals surface area contributed by atoms with Crippen LogP contribution in [0.5, 0.6) is 0 Å². The molecule has 2 N–H and O–H groups in total. The molecule has 1 aliphatic heterocycles. The average Bonchev–Trinajstić information content (AvgIpc) is 2.94. The summed E-state index contributed by atoms with van der Waals surface area (Å²) >= 11 is 0. The standard InChI is InChI=1S/C13H22N2O3/c1-9(6-10-2-3-10)14-13(18)15-5-4-11(8-15)7-12(16)17/h9-11H,2-8H2,1H3,(H,14,18)(H,16,17). The van der Waals surface area contributed by atoms with Crippen molar-refractivity contribution in [1.82, 2.24) is 10.2 Å². The van der Waals surface area contributed by atoms with Crippen LogP contribution in [-0.4, -0.2) is 41.1 Å². The van der Waals surface area contributed by atoms with Crippen LogP contribution in [0.2, 0.25) is 0 Å². The normalized spacial score (nSPS) is 24.9. The number of aliphatic carboxylic acids is 1. The smallest absolute Gasteiger partial charge is 0.317 e. The summed E-state index contributed by atoms with van der Waals surface area (Å²) < 4.78 is 0. The summed E-state index contributed by atoms with van der Waals surface area (Å²) in [7, 11) is 0. The first-order chi connectivity index (χ1) is 8.54. The van der Waals surface area contributed by atoms with E-state index in [9.17, 15) is 9.59 Å². The van der Waals surface area contributed by atoms with E-state index in [1.165, 1.54) is 12.8 Å². The highest BCUT2D eigenvalue weighted by Crippen LogP contribution is 2.33. The summed E-state index contributed by atoms with van der Waals surface area (Å²) in [6.07, 6.45) is 4.63. The highest BCUT2D eigenvalue weighted by Gasteiger charge is 2.29. The van der Waals surface area contributed by atoms with Crippen molar-refractivity contribution < 1.29 is 14.7 Å². The van der Waals surface area contributed by atoms with Gasteiger partial charge in [0.05, 0.1) is 0 Å². The van der Waals surface area contributed by atoms with E-state index in [1.807, 2.05) is 6.92 Å². The van der Waals surface area contributed by atoms with Crippen molar-refractivity contribution >= 4 is 12.0 Å². The number of amides is 2. The molecule has 5 heteroatoms. The van der Waals surface area contributed by atoms with Gasteiger partial charge in [-0.2, -0.15) is 0 Å². The van der Waals surface area contributed by atoms with Crippen LogP contribution < -0.4 is 5.32 Å². The molecule has 5 nitrogen and oxygen atoms in total. The van der Waals surface area contributed by atoms with Crippen LogP contribution >= 0.6 is 0 Å². The number of hydrogen-bond donors (Lipinski definition) is 2. The molecule has 2 unspecified atom stereocenters. The van der Waals surface area contributed by atoms with Gasteiger partial charge in [-0.05, 0) is 31.6 Å². The molecule has 0 aromatic rings. The molecule has 0 spiro atoms. The molecule has 102 valence electrons. The largest absolute Gasteiger partial charge is 0.481 e. The summed E-state index contributed by atoms with van der Waals surface area (Å²) in [5.74, 6) is 0.148. The van der Waals surface area contributed by atoms with Crippen molar-refractivity contribution in [3.63, 3.8) is 0 Å². The zero-order chi connectivity index (χ0) is 13.1. The number of carbonyl (C=O) groups excluding carboxylic acids is 1. The minimum absolute atomic E-state index is 0.0314. The topological polar surface area (TPSA) is 69.6 Å². The second kappa shape index (κ2) is 5.59. The van der Waals surface area contributed by atoms with Gasteiger partial charge in [-0.3, -0.25) is 4.79 Å². The maximum Gasteiger partial charge on any atom is 0.317 e. The van der Waals surface area contributed by atoms with Crippen LogP contribution in [0.25, 0.3) is 0 Å². The van der Waals surface area contributed by atoms with Gasteiger partial charge < -0.3 is 15.3 Å². The molecule has 1 saturated heterocycles. The molecule has 1 aliphatic carbocycles. The Morgan fingerprint density at radius 2 is 2.06 bits per heavy atom. The summed E-state index contributed by atoms with van der Waals surface area (Å²) in [5, 5.41) is 11.7. The quantitative estimate of drug-likeness (QED) is 0.784. The van der Waals surface area contributed by atoms with Gasteiger partial charge in [-0.25, -0.2) is 4.79 Å². The molecule has 0 aromatic carbocycles. The van der Waals surface area contributed by atoms with Crippen LogP contribution in [0.3, 0.4) is 0 Å². The van der Waals surface area contributed by atoms with Gasteiger partial charge in [0.2, 0.25) is 0 Å². The Morgan fingerprint density at radius 3 is 2.67 bits per heavy atom. The lowest BCUT2D eigenvalue weighted by Gasteiger charge is -2.21. The third-order valence-corrected chi connectivity index (χ3v) is 3.79. The third kappa shape index (κ3) is 3.89. The average molecular weight is 254 g/mol. The van der Waals surface area contributed by atoms with E-state index in [2.05, 4.69) is 5.32 Å². The second-order valence-electron chi connectivity index (χ2n) is 5.73. The number of nitrogens with one attached hydrogen (secondary N) is 1. The molecule has 2 amide bonds. The number of likely N-dealkylation sites (tertiary alicyclic amines) is 1. The zero-order valence-electron chi connectivity index (χ0n) is 10.9. The Bertz CT molecular complexity index is 328. The Kier molecular flexibility index (Phi) is 4.09. The summed E-state index contributed by atoms with van der Waals surface area (Å²) in [4.78, 5) is 24.3. The van der Waals surface area contributed by atoms with Gasteiger partial charge in [0.1, 0.15) is 0 Å². The molecule has 1 saturated carbocycles. The van der Waals surface area contributed by atoms with Gasteiger partial charge in [0, 0.05) is 25.6 Å². The van der Waals surface area contributed by atoms with Crippen molar-refractivity contribution in [3.8, 4) is 0 Å². The molecule has 18 heavy (non-hydrogen) atoms. The summed E-state index contributed by atoms with van der Waals surface area (Å²) in [6, 6.07) is 0.194. The molecule has 2 atom stereocenters. The van der Waals surface area contributed by atoms with Crippen molar-refractivity contribution in [2.75, 3.05) is 13.1 Å². The Labute approximate surface area is 108 Å². The van der Waals surface area contributed by atoms with Gasteiger partial charge in [0.15, 0.2) is 0 Å². The summed E-state index contributed by atoms with van der Waals surface area (Å²) in [5.41, 5.74) is 0. The predicted molar refractivity (Wildman–Crippen MR) is 67.3 cm³/mol. The molecule has 2 aliphatic rings. The van der Waals surface area contributed by atoms with Crippen LogP contribution in [0, 0.1) is 11.8 Å². The molecule has 0 radical (unpaired) electrons. The van der Waals surface area contributed by atoms with Crippen LogP contribution in [0.15, 0.2) is 0 Å². The van der Waals surface area contributed by atoms with Crippen molar-refractivity contribution in [2.45, 2.75) is 45.1 Å². The van der Waals surface area contributed by atoms with Crippen LogP contribution in [-0.2, 0) is 4.79 Å². The lowest BCUT2D eigenvalue weighted by Crippen LogP contribution is -2.43. The van der Waals surface area contributed by atoms with Crippen LogP contribution in [0.4, 0.5) is 4.79 Å². The Hall–Kier alpha value is -1.26. The van der Waals surface area contributed by atoms with E-state index < -0.39 is 5.97 Å². The molecule has 2 fully saturated rings. The van der Waals surface area contributed by atoms with Gasteiger partial charge in [0.25, 0.3) is 0 Å². The number of carboxylic acid groups (broad SMARTS) is 1. The van der Waals surface area contributed by atoms with Gasteiger partial charge in [-0.15, -0.1) is 0 Å². The molecular weight excluding hydrogens is 232 g/mol. The monoisotopic (exact) mass is 254 g/mol. The van der Waals surface area contributed by atoms with E-state index in [-0.39, 0.29) is 24.4 Å². The molecule has 1 heterocycles. The SMILES string of the molecule is CC(CC1CC1)NC(=O)N1CCC(CC(=O)O)C1. The fourth-order valence-corrected chi connectivity index (χ4v) is 2.65. The first-order valence-electron chi connectivity index (χ1n) is 6.82. The van der Waals surface area contributed by atoms with Gasteiger partial charge >= 0.3 is 12.0 Å². The maximum absolute atomic E-state index is 12.0. The lowest BCUT2D eigenvalue weighted by molar-refractivity contribution is -0.138. The Morgan fingerprint density at radius 1 is 1.33 bits per heavy atom. The van der Waals surface area contributed by atoms with E-state index in [0.29, 0.717) is 13.1 Å². The van der Waals surface area contributed by atoms with Crippen molar-refractivity contribution in [3.05, 3.63) is 0 Å². The highest BCUT2D eigenvalue weighted by molar-refractivity contribution is 5.75. The number of carboxylic acids is 1. The first-order valence-corrected chi connectivity index (χ1v) is 6.82. The van der Waals surface area contributed by atoms with Gasteiger partial charge in [-0.1, -0.05) is 12.8 Å². The third-order valence-electron chi connectivity index (χ3n) is 3.79. The zero-order valence-corrected chi connectivity index (χ0v) is 10.9. The van der Waals surface area contributed by atoms with E-state index in [0.717, 1.165) is 18.8 Å². The molecule has 0 bridgehead atoms. The number of rotatable bonds is 5. The molecule has 0 aromatic heterocycles. The Balaban J connectivity index is 1.70. The predicted octanol–water partition coefficient (Wildman–Crippen LogP) is 1.68. The minimum atomic E-state index is -0.774. The lowest BCUT2D eigenvalue weighted by atomic mass is 10.1. The minimum Gasteiger partial charge on any atom is -0.481 e. The molecular formula is C13H22N2O3. The van der Waals surface area contributed by atoms with E-state index >= 15 is 0 Å². The fourth-order valence-electron chi connectivity index (χ4n) is 2.65. The maximum atomic E-state index is 12.0. The number of nitrogens with zero attached hydrogens (tertiary/aromatic N) is 1. The first kappa shape index (κ1) is 13.2. The number of urea groups is 1. The van der Waals surface area contributed by atoms with Crippen molar-refractivity contribution in [1.29, 1.82) is 0 Å². The number of hydrogen-bond acceptors (Lipinski definition) is 2. The van der Waals surface area contributed by atoms with E-state index in [4.69, 9.17) is 5.11 Å². The number of carbonyl (C=O) groups is 2. The molecule has 2 rings (SSSR count). The fraction of sp³-hybridized carbons (Fsp3) is 0.846.